The number of amides is 2. The number of rotatable bonds is 18. The molecule has 0 aliphatic carbocycles. The maximum Gasteiger partial charge on any atom is 0.217 e. The monoisotopic (exact) mass is 1030 g/mol. The fourth-order valence-electron chi connectivity index (χ4n) is 8.30. The van der Waals surface area contributed by atoms with E-state index in [0.717, 1.165) is 13.8 Å². The Morgan fingerprint density at radius 3 is 1.41 bits per heavy atom. The van der Waals surface area contributed by atoms with Crippen LogP contribution in [0.15, 0.2) is 0 Å². The van der Waals surface area contributed by atoms with Crippen molar-refractivity contribution < 1.29 is 129 Å². The van der Waals surface area contributed by atoms with E-state index < -0.39 is 198 Å². The van der Waals surface area contributed by atoms with Crippen LogP contribution < -0.4 is 10.6 Å². The number of ketones is 1. The molecule has 0 aromatic heterocycles. The number of carbonyl (C=O) groups is 3. The molecule has 0 bridgehead atoms. The van der Waals surface area contributed by atoms with Gasteiger partial charge in [0.2, 0.25) is 11.8 Å². The highest BCUT2D eigenvalue weighted by atomic mass is 79.9. The van der Waals surface area contributed by atoms with Crippen LogP contribution in [0.5, 0.6) is 0 Å². The van der Waals surface area contributed by atoms with Gasteiger partial charge in [-0.05, 0) is 0 Å². The van der Waals surface area contributed by atoms with Crippen LogP contribution in [0.1, 0.15) is 20.3 Å². The fourth-order valence-corrected chi connectivity index (χ4v) is 8.53. The van der Waals surface area contributed by atoms with Gasteiger partial charge in [-0.1, -0.05) is 15.9 Å². The summed E-state index contributed by atoms with van der Waals surface area (Å²) in [5.74, 6) is -1.80. The molecule has 5 heterocycles. The Hall–Kier alpha value is -1.83. The molecule has 16 N–H and O–H groups in total. The van der Waals surface area contributed by atoms with E-state index >= 15 is 0 Å². The lowest BCUT2D eigenvalue weighted by Gasteiger charge is -2.50. The lowest BCUT2D eigenvalue weighted by molar-refractivity contribution is -0.383. The minimum Gasteiger partial charge on any atom is -0.394 e. The molecule has 66 heavy (non-hydrogen) atoms. The average Bonchev–Trinajstić information content (AvgIpc) is 3.28. The molecule has 28 nitrogen and oxygen atoms in total. The molecule has 11 unspecified atom stereocenters. The second kappa shape index (κ2) is 24.3. The standard InChI is InChI=1S/C37H61BrN2O26/c1-10(45)39-19-13(3-12(47)4-38)59-16(7-43)31(24(19)51)64-34-20(40-11(2)46)25(52)32(17(8-44)62-34)65-37-30(57)33(66-36-29(56)27(54)22(49)15(6-42)61-36)23(50)18(63-37)9-58-35-28(55)26(53)21(48)14(5-41)60-35/h13-37,41-44,48-57H,3-9H2,1-2H3,(H,39,45)(H,40,46)/t13-,14?,15?,16?,17?,18?,19?,20?,21+,22+,23+,24+,25+,26-,27?,28?,29?,30?,31+,32+,33-,34-,35-,36+,37-/m0/s1. The Kier molecular flexibility index (Phi) is 20.3. The molecule has 0 radical (unpaired) electrons. The third kappa shape index (κ3) is 12.4. The number of ether oxygens (including phenoxy) is 9. The Morgan fingerprint density at radius 1 is 0.455 bits per heavy atom. The van der Waals surface area contributed by atoms with Crippen LogP contribution in [0.25, 0.3) is 0 Å². The molecule has 5 aliphatic heterocycles. The molecule has 5 saturated heterocycles. The van der Waals surface area contributed by atoms with Gasteiger partial charge in [-0.2, -0.15) is 0 Å². The van der Waals surface area contributed by atoms with E-state index in [1.54, 1.807) is 0 Å². The van der Waals surface area contributed by atoms with Gasteiger partial charge in [-0.3, -0.25) is 14.4 Å². The van der Waals surface area contributed by atoms with Gasteiger partial charge in [0.05, 0.1) is 50.5 Å². The number of carbonyl (C=O) groups excluding carboxylic acids is 3. The van der Waals surface area contributed by atoms with Crippen LogP contribution in [0.3, 0.4) is 0 Å². The van der Waals surface area contributed by atoms with Gasteiger partial charge in [0.25, 0.3) is 0 Å². The zero-order valence-electron chi connectivity index (χ0n) is 35.4. The van der Waals surface area contributed by atoms with Gasteiger partial charge < -0.3 is 125 Å². The molecular weight excluding hydrogens is 968 g/mol. The van der Waals surface area contributed by atoms with Gasteiger partial charge in [0, 0.05) is 20.3 Å². The van der Waals surface area contributed by atoms with Gasteiger partial charge in [-0.15, -0.1) is 0 Å². The van der Waals surface area contributed by atoms with Crippen LogP contribution >= 0.6 is 15.9 Å². The maximum atomic E-state index is 12.6. The molecule has 0 aromatic rings. The number of nitrogens with one attached hydrogen (secondary N) is 2. The molecule has 29 heteroatoms. The highest BCUT2D eigenvalue weighted by Gasteiger charge is 2.56. The fraction of sp³-hybridized carbons (Fsp3) is 0.919. The van der Waals surface area contributed by atoms with Crippen molar-refractivity contribution in [3.05, 3.63) is 0 Å². The Labute approximate surface area is 383 Å². The van der Waals surface area contributed by atoms with E-state index in [2.05, 4.69) is 26.6 Å². The normalized spacial score (nSPS) is 46.7. The Morgan fingerprint density at radius 2 is 0.879 bits per heavy atom. The van der Waals surface area contributed by atoms with Gasteiger partial charge in [-0.25, -0.2) is 0 Å². The van der Waals surface area contributed by atoms with Crippen molar-refractivity contribution in [1.82, 2.24) is 10.6 Å². The highest BCUT2D eigenvalue weighted by molar-refractivity contribution is 9.09. The first-order valence-corrected chi connectivity index (χ1v) is 22.0. The molecular formula is C37H61BrN2O26. The zero-order valence-corrected chi connectivity index (χ0v) is 37.0. The Bertz CT molecular complexity index is 1570. The van der Waals surface area contributed by atoms with Gasteiger partial charge >= 0.3 is 0 Å². The molecule has 5 fully saturated rings. The predicted octanol–water partition coefficient (Wildman–Crippen LogP) is -10.2. The minimum atomic E-state index is -2.19. The van der Waals surface area contributed by atoms with Crippen LogP contribution in [0.4, 0.5) is 0 Å². The van der Waals surface area contributed by atoms with Crippen LogP contribution in [-0.4, -0.2) is 281 Å². The topological polar surface area (TPSA) is 442 Å². The van der Waals surface area contributed by atoms with Gasteiger partial charge in [0.1, 0.15) is 122 Å². The summed E-state index contributed by atoms with van der Waals surface area (Å²) >= 11 is 3.04. The first kappa shape index (κ1) is 55.1. The average molecular weight is 1030 g/mol. The first-order chi connectivity index (χ1) is 31.2. The smallest absolute Gasteiger partial charge is 0.217 e. The molecule has 0 saturated carbocycles. The third-order valence-electron chi connectivity index (χ3n) is 11.8. The van der Waals surface area contributed by atoms with Crippen molar-refractivity contribution >= 4 is 33.5 Å². The van der Waals surface area contributed by atoms with Crippen molar-refractivity contribution in [2.75, 3.05) is 38.4 Å². The molecule has 2 amide bonds. The SMILES string of the molecule is CC(=O)NC1[C@H](O[C@@H]2C(CO)O[C@@H](CC(=O)CBr)C(NC(C)=O)[C@H]2O)OC(CO)[C@@H](O[C@@H]2OC(CO[C@H]3OC(CO)[C@@H](O)[C@H](O)C3O)[C@@H](O)[C@H](O[C@H]3OC(CO)[C@@H](O)C(O)C3O)C2O)[C@@H]1O. The van der Waals surface area contributed by atoms with E-state index in [0.29, 0.717) is 0 Å². The molecule has 0 aromatic carbocycles. The van der Waals surface area contributed by atoms with E-state index in [-0.39, 0.29) is 17.5 Å². The maximum absolute atomic E-state index is 12.6. The molecule has 382 valence electrons. The highest BCUT2D eigenvalue weighted by Crippen LogP contribution is 2.35. The lowest BCUT2D eigenvalue weighted by Crippen LogP contribution is -2.70. The summed E-state index contributed by atoms with van der Waals surface area (Å²) in [6.07, 6.45) is -41.8. The summed E-state index contributed by atoms with van der Waals surface area (Å²) in [6, 6.07) is -2.99. The van der Waals surface area contributed by atoms with Crippen molar-refractivity contribution in [1.29, 1.82) is 0 Å². The summed E-state index contributed by atoms with van der Waals surface area (Å²) in [5.41, 5.74) is 0. The number of alkyl halides is 1. The van der Waals surface area contributed by atoms with E-state index in [1.165, 1.54) is 0 Å². The van der Waals surface area contributed by atoms with Crippen LogP contribution in [0, 0.1) is 0 Å². The number of hydrogen-bond donors (Lipinski definition) is 16. The predicted molar refractivity (Wildman–Crippen MR) is 211 cm³/mol. The van der Waals surface area contributed by atoms with E-state index in [9.17, 15) is 85.9 Å². The zero-order chi connectivity index (χ0) is 48.9. The lowest BCUT2D eigenvalue weighted by atomic mass is 9.89. The van der Waals surface area contributed by atoms with E-state index in [4.69, 9.17) is 42.6 Å². The number of aliphatic hydroxyl groups is 14. The summed E-state index contributed by atoms with van der Waals surface area (Å²) in [6.45, 7) is -2.22. The summed E-state index contributed by atoms with van der Waals surface area (Å²) in [4.78, 5) is 37.1. The molecule has 25 atom stereocenters. The van der Waals surface area contributed by atoms with Gasteiger partial charge in [0.15, 0.2) is 25.2 Å². The van der Waals surface area contributed by atoms with Crippen LogP contribution in [-0.2, 0) is 57.0 Å². The number of Topliss-reactive ketones (excluding diaryl/α,β-unsaturated/α-hetero) is 1. The summed E-state index contributed by atoms with van der Waals surface area (Å²) in [7, 11) is 0. The Balaban J connectivity index is 1.42. The van der Waals surface area contributed by atoms with Crippen molar-refractivity contribution in [2.24, 2.45) is 0 Å². The second-order valence-corrected chi connectivity index (χ2v) is 17.0. The minimum absolute atomic E-state index is 0.0938. The number of hydrogen-bond acceptors (Lipinski definition) is 26. The molecule has 0 spiro atoms. The van der Waals surface area contributed by atoms with E-state index in [1.807, 2.05) is 0 Å². The quantitative estimate of drug-likeness (QED) is 0.0567. The summed E-state index contributed by atoms with van der Waals surface area (Å²) < 4.78 is 51.8. The third-order valence-corrected chi connectivity index (χ3v) is 12.4. The van der Waals surface area contributed by atoms with Crippen molar-refractivity contribution in [3.63, 3.8) is 0 Å². The van der Waals surface area contributed by atoms with Crippen molar-refractivity contribution in [2.45, 2.75) is 173 Å². The largest absolute Gasteiger partial charge is 0.394 e. The number of aliphatic hydroxyl groups excluding tert-OH is 14. The molecule has 5 rings (SSSR count). The first-order valence-electron chi connectivity index (χ1n) is 20.9. The number of halogens is 1. The molecule has 5 aliphatic rings. The van der Waals surface area contributed by atoms with Crippen molar-refractivity contribution in [3.8, 4) is 0 Å². The van der Waals surface area contributed by atoms with Crippen LogP contribution in [0.2, 0.25) is 0 Å². The second-order valence-electron chi connectivity index (χ2n) is 16.5. The summed E-state index contributed by atoms with van der Waals surface area (Å²) in [5, 5.41) is 154.